The Labute approximate surface area is 290 Å². The quantitative estimate of drug-likeness (QED) is 0.100. The van der Waals surface area contributed by atoms with Gasteiger partial charge in [-0.15, -0.1) is 0 Å². The molecular formula is C34H42Cl2N8O4. The number of ether oxygens (including phenoxy) is 2. The Morgan fingerprint density at radius 3 is 1.60 bits per heavy atom. The maximum atomic E-state index is 9.38. The van der Waals surface area contributed by atoms with Gasteiger partial charge >= 0.3 is 0 Å². The molecule has 2 fully saturated rings. The van der Waals surface area contributed by atoms with Gasteiger partial charge in [0.1, 0.15) is 11.5 Å². The molecule has 0 spiro atoms. The summed E-state index contributed by atoms with van der Waals surface area (Å²) in [5.74, 6) is 4.62. The van der Waals surface area contributed by atoms with Gasteiger partial charge in [0.15, 0.2) is 23.1 Å². The molecule has 256 valence electrons. The lowest BCUT2D eigenvalue weighted by atomic mass is 9.86. The number of nitrogens with zero attached hydrogens (tertiary/aromatic N) is 4. The van der Waals surface area contributed by atoms with E-state index in [1.165, 1.54) is 0 Å². The molecule has 2 aliphatic carbocycles. The molecule has 2 atom stereocenters. The largest absolute Gasteiger partial charge is 0.452 e. The van der Waals surface area contributed by atoms with E-state index in [1.807, 2.05) is 0 Å². The number of benzene rings is 2. The molecule has 0 aliphatic heterocycles. The van der Waals surface area contributed by atoms with Crippen molar-refractivity contribution in [3.05, 3.63) is 71.0 Å². The number of aromatic nitrogens is 4. The van der Waals surface area contributed by atoms with Crippen LogP contribution in [0.15, 0.2) is 60.9 Å². The average Bonchev–Trinajstić information content (AvgIpc) is 3.10. The summed E-state index contributed by atoms with van der Waals surface area (Å²) in [5, 5.41) is 26.7. The van der Waals surface area contributed by atoms with Crippen LogP contribution >= 0.6 is 23.2 Å². The summed E-state index contributed by atoms with van der Waals surface area (Å²) in [4.78, 5) is 16.6. The normalized spacial score (nSPS) is 20.6. The number of halogens is 2. The highest BCUT2D eigenvalue weighted by molar-refractivity contribution is 6.30. The van der Waals surface area contributed by atoms with Crippen LogP contribution in [0.25, 0.3) is 0 Å². The van der Waals surface area contributed by atoms with Gasteiger partial charge in [-0.1, -0.05) is 29.6 Å². The van der Waals surface area contributed by atoms with Crippen LogP contribution in [-0.4, -0.2) is 55.4 Å². The maximum Gasteiger partial charge on any atom is 0.222 e. The molecule has 6 rings (SSSR count). The van der Waals surface area contributed by atoms with Crippen molar-refractivity contribution in [1.29, 1.82) is 0 Å². The second-order valence-corrected chi connectivity index (χ2v) is 13.0. The van der Waals surface area contributed by atoms with E-state index in [0.717, 1.165) is 51.4 Å². The molecule has 48 heavy (non-hydrogen) atoms. The first-order valence-electron chi connectivity index (χ1n) is 16.1. The highest BCUT2D eigenvalue weighted by atomic mass is 35.5. The third-order valence-electron chi connectivity index (χ3n) is 8.46. The lowest BCUT2D eigenvalue weighted by Gasteiger charge is -2.29. The van der Waals surface area contributed by atoms with E-state index in [1.54, 1.807) is 60.9 Å². The Morgan fingerprint density at radius 2 is 1.12 bits per heavy atom. The Balaban J connectivity index is 0.000000188. The molecule has 4 aromatic rings. The van der Waals surface area contributed by atoms with Crippen LogP contribution in [-0.2, 0) is 0 Å². The molecule has 12 nitrogen and oxygen atoms in total. The fourth-order valence-corrected chi connectivity index (χ4v) is 6.10. The minimum atomic E-state index is 0.190. The van der Waals surface area contributed by atoms with E-state index < -0.39 is 0 Å². The van der Waals surface area contributed by atoms with Crippen LogP contribution in [0.5, 0.6) is 23.0 Å². The summed E-state index contributed by atoms with van der Waals surface area (Å²) < 4.78 is 11.7. The van der Waals surface area contributed by atoms with Crippen LogP contribution in [0.1, 0.15) is 51.4 Å². The number of nitrogens with two attached hydrogens (primary N) is 2. The molecule has 0 bridgehead atoms. The van der Waals surface area contributed by atoms with E-state index in [0.29, 0.717) is 56.5 Å². The van der Waals surface area contributed by atoms with Gasteiger partial charge in [0.2, 0.25) is 11.9 Å². The van der Waals surface area contributed by atoms with Gasteiger partial charge in [-0.2, -0.15) is 9.97 Å². The maximum absolute atomic E-state index is 9.38. The predicted octanol–water partition coefficient (Wildman–Crippen LogP) is 6.94. The summed E-state index contributed by atoms with van der Waals surface area (Å²) in [5.41, 5.74) is 11.4. The van der Waals surface area contributed by atoms with Crippen LogP contribution < -0.4 is 31.6 Å². The lowest BCUT2D eigenvalue weighted by molar-refractivity contribution is 0.184. The third-order valence-corrected chi connectivity index (χ3v) is 8.96. The zero-order valence-electron chi connectivity index (χ0n) is 26.6. The Hall–Kier alpha value is -4.10. The van der Waals surface area contributed by atoms with Gasteiger partial charge < -0.3 is 41.8 Å². The van der Waals surface area contributed by atoms with Gasteiger partial charge in [-0.05, 0) is 105 Å². The molecule has 0 saturated heterocycles. The first-order valence-corrected chi connectivity index (χ1v) is 16.9. The smallest absolute Gasteiger partial charge is 0.222 e. The van der Waals surface area contributed by atoms with Crippen molar-refractivity contribution in [2.45, 2.75) is 63.5 Å². The van der Waals surface area contributed by atoms with Gasteiger partial charge in [0.25, 0.3) is 0 Å². The van der Waals surface area contributed by atoms with Crippen molar-refractivity contribution in [2.75, 3.05) is 35.3 Å². The van der Waals surface area contributed by atoms with Crippen LogP contribution in [0.2, 0.25) is 10.0 Å². The zero-order chi connectivity index (χ0) is 33.9. The first kappa shape index (κ1) is 35.2. The minimum Gasteiger partial charge on any atom is -0.452 e. The highest BCUT2D eigenvalue weighted by Crippen LogP contribution is 2.34. The van der Waals surface area contributed by atoms with Crippen LogP contribution in [0, 0.1) is 11.8 Å². The van der Waals surface area contributed by atoms with E-state index >= 15 is 0 Å². The predicted molar refractivity (Wildman–Crippen MR) is 189 cm³/mol. The van der Waals surface area contributed by atoms with E-state index in [4.69, 9.17) is 44.1 Å². The number of nitrogen functional groups attached to an aromatic ring is 2. The van der Waals surface area contributed by atoms with Crippen LogP contribution in [0.3, 0.4) is 0 Å². The summed E-state index contributed by atoms with van der Waals surface area (Å²) in [6.07, 6.45) is 11.2. The summed E-state index contributed by atoms with van der Waals surface area (Å²) in [6, 6.07) is 14.7. The number of nitrogens with one attached hydrogen (secondary N) is 2. The molecule has 2 aromatic heterocycles. The Morgan fingerprint density at radius 1 is 0.646 bits per heavy atom. The average molecular weight is 698 g/mol. The fourth-order valence-electron chi connectivity index (χ4n) is 5.85. The first-order chi connectivity index (χ1) is 23.3. The van der Waals surface area contributed by atoms with Crippen molar-refractivity contribution in [2.24, 2.45) is 11.8 Å². The molecule has 2 aliphatic rings. The number of aliphatic hydroxyl groups is 2. The van der Waals surface area contributed by atoms with Gasteiger partial charge in [0.05, 0.1) is 12.4 Å². The molecule has 0 unspecified atom stereocenters. The van der Waals surface area contributed by atoms with Crippen molar-refractivity contribution >= 4 is 46.7 Å². The fraction of sp³-hybridized carbons (Fsp3) is 0.412. The monoisotopic (exact) mass is 696 g/mol. The second-order valence-electron chi connectivity index (χ2n) is 12.1. The van der Waals surface area contributed by atoms with Crippen molar-refractivity contribution in [3.8, 4) is 23.0 Å². The molecule has 2 heterocycles. The lowest BCUT2D eigenvalue weighted by Crippen LogP contribution is -2.29. The Kier molecular flexibility index (Phi) is 12.7. The van der Waals surface area contributed by atoms with E-state index in [-0.39, 0.29) is 37.2 Å². The van der Waals surface area contributed by atoms with Gasteiger partial charge in [-0.3, -0.25) is 0 Å². The number of hydrogen-bond donors (Lipinski definition) is 6. The summed E-state index contributed by atoms with van der Waals surface area (Å²) >= 11 is 11.8. The van der Waals surface area contributed by atoms with E-state index in [2.05, 4.69) is 30.6 Å². The van der Waals surface area contributed by atoms with Crippen molar-refractivity contribution < 1.29 is 19.7 Å². The Bertz CT molecular complexity index is 1590. The zero-order valence-corrected chi connectivity index (χ0v) is 28.1. The topological polar surface area (TPSA) is 187 Å². The SMILES string of the molecule is Nc1ncc(Oc2ccc(Cl)cc2)c(N[C@H]2CCC[C@@H](CO)C2)n1.Nc1ncc(Oc2ccc(Cl)cc2)c(N[C@H]2CC[C@@H](CO)CC2)n1. The number of rotatable bonds is 10. The van der Waals surface area contributed by atoms with Crippen LogP contribution in [0.4, 0.5) is 23.5 Å². The van der Waals surface area contributed by atoms with Gasteiger partial charge in [-0.25, -0.2) is 9.97 Å². The molecular weight excluding hydrogens is 655 g/mol. The molecule has 8 N–H and O–H groups in total. The van der Waals surface area contributed by atoms with Gasteiger partial charge in [0, 0.05) is 35.3 Å². The number of anilines is 4. The molecule has 14 heteroatoms. The minimum absolute atomic E-state index is 0.190. The number of hydrogen-bond acceptors (Lipinski definition) is 12. The summed E-state index contributed by atoms with van der Waals surface area (Å²) in [6.45, 7) is 0.482. The van der Waals surface area contributed by atoms with E-state index in [9.17, 15) is 10.2 Å². The molecule has 0 radical (unpaired) electrons. The summed E-state index contributed by atoms with van der Waals surface area (Å²) in [7, 11) is 0. The molecule has 0 amide bonds. The second kappa shape index (κ2) is 17.3. The van der Waals surface area contributed by atoms with Crippen molar-refractivity contribution in [3.63, 3.8) is 0 Å². The number of aliphatic hydroxyl groups excluding tert-OH is 2. The third kappa shape index (κ3) is 10.4. The highest BCUT2D eigenvalue weighted by Gasteiger charge is 2.24. The molecule has 2 saturated carbocycles. The standard InChI is InChI=1S/2C17H21ClN4O2/c18-12-3-7-14(8-4-12)24-15-9-20-17(19)22-16(15)21-13-5-1-11(10-23)2-6-13;18-12-4-6-14(7-5-12)24-15-9-20-17(19)22-16(15)21-13-3-1-2-11(8-13)10-23/h3-4,7-9,11,13,23H,1-2,5-6,10H2,(H3,19,20,21,22);4-7,9,11,13,23H,1-3,8,10H2,(H3,19,20,21,22)/t2*11-,13+/m.1/s1. The van der Waals surface area contributed by atoms with Crippen molar-refractivity contribution in [1.82, 2.24) is 19.9 Å². The molecule has 2 aromatic carbocycles.